The highest BCUT2D eigenvalue weighted by atomic mass is 16.5. The van der Waals surface area contributed by atoms with Gasteiger partial charge in [-0.3, -0.25) is 29.3 Å². The van der Waals surface area contributed by atoms with E-state index in [-0.39, 0.29) is 12.3 Å². The third-order valence-corrected chi connectivity index (χ3v) is 6.78. The first-order valence-electron chi connectivity index (χ1n) is 13.0. The number of rotatable bonds is 12. The summed E-state index contributed by atoms with van der Waals surface area (Å²) in [6.45, 7) is 5.01. The van der Waals surface area contributed by atoms with E-state index < -0.39 is 53.3 Å². The predicted octanol–water partition coefficient (Wildman–Crippen LogP) is 2.58. The van der Waals surface area contributed by atoms with Crippen LogP contribution in [0.5, 0.6) is 11.5 Å². The summed E-state index contributed by atoms with van der Waals surface area (Å²) in [7, 11) is 3.06. The number of hydrogen-bond donors (Lipinski definition) is 3. The maximum atomic E-state index is 13.2. The third-order valence-electron chi connectivity index (χ3n) is 6.78. The van der Waals surface area contributed by atoms with Crippen molar-refractivity contribution in [2.45, 2.75) is 39.3 Å². The van der Waals surface area contributed by atoms with Crippen LogP contribution in [0, 0.1) is 17.8 Å². The van der Waals surface area contributed by atoms with Gasteiger partial charge >= 0.3 is 0 Å². The first-order chi connectivity index (χ1) is 19.0. The molecule has 10 heteroatoms. The van der Waals surface area contributed by atoms with Gasteiger partial charge in [0.05, 0.1) is 38.6 Å². The molecule has 0 unspecified atom stereocenters. The van der Waals surface area contributed by atoms with Crippen LogP contribution in [-0.4, -0.2) is 49.7 Å². The van der Waals surface area contributed by atoms with E-state index in [1.54, 1.807) is 62.4 Å². The van der Waals surface area contributed by atoms with Crippen LogP contribution in [0.3, 0.4) is 0 Å². The largest absolute Gasteiger partial charge is 0.493 e. The van der Waals surface area contributed by atoms with Crippen LogP contribution >= 0.6 is 0 Å². The molecule has 0 saturated carbocycles. The standard InChI is InChI=1S/C30H35N3O7/c1-17(2)27(28(36)26-18(3)29(37)33-30(26)38)32-25(35)16-21(20-9-7-6-8-10-20)31-24(34)14-12-19-11-13-22(39-4)23(15-19)40-5/h6-15,17-18,21,26-27H,16H2,1-5H3,(H,31,34)(H,32,35)(H,33,37,38)/b14-12+/t18-,21-,26+,27-/m0/s1. The summed E-state index contributed by atoms with van der Waals surface area (Å²) in [5, 5.41) is 7.76. The molecule has 1 aliphatic heterocycles. The summed E-state index contributed by atoms with van der Waals surface area (Å²) in [5.41, 5.74) is 1.41. The summed E-state index contributed by atoms with van der Waals surface area (Å²) in [5.74, 6) is -3.81. The van der Waals surface area contributed by atoms with Crippen LogP contribution in [-0.2, 0) is 24.0 Å². The van der Waals surface area contributed by atoms with E-state index in [0.29, 0.717) is 22.6 Å². The van der Waals surface area contributed by atoms with Crippen LogP contribution in [0.25, 0.3) is 6.08 Å². The Kier molecular flexibility index (Phi) is 10.2. The number of ether oxygens (including phenoxy) is 2. The second-order valence-electron chi connectivity index (χ2n) is 9.94. The van der Waals surface area contributed by atoms with Crippen molar-refractivity contribution in [3.05, 3.63) is 65.7 Å². The summed E-state index contributed by atoms with van der Waals surface area (Å²) < 4.78 is 10.5. The molecule has 0 radical (unpaired) electrons. The molecule has 0 aromatic heterocycles. The molecule has 40 heavy (non-hydrogen) atoms. The first-order valence-corrected chi connectivity index (χ1v) is 13.0. The van der Waals surface area contributed by atoms with Crippen molar-refractivity contribution in [3.8, 4) is 11.5 Å². The molecule has 0 aliphatic carbocycles. The Hall–Kier alpha value is -4.47. The molecule has 212 valence electrons. The van der Waals surface area contributed by atoms with Gasteiger partial charge in [-0.05, 0) is 35.3 Å². The lowest BCUT2D eigenvalue weighted by molar-refractivity contribution is -0.137. The van der Waals surface area contributed by atoms with Gasteiger partial charge in [0, 0.05) is 6.08 Å². The molecule has 1 aliphatic rings. The summed E-state index contributed by atoms with van der Waals surface area (Å²) >= 11 is 0. The van der Waals surface area contributed by atoms with Gasteiger partial charge in [-0.2, -0.15) is 0 Å². The van der Waals surface area contributed by atoms with E-state index in [1.807, 2.05) is 6.07 Å². The topological polar surface area (TPSA) is 140 Å². The van der Waals surface area contributed by atoms with Gasteiger partial charge in [-0.25, -0.2) is 0 Å². The number of benzene rings is 2. The molecule has 2 aromatic rings. The Morgan fingerprint density at radius 2 is 1.62 bits per heavy atom. The van der Waals surface area contributed by atoms with Crippen molar-refractivity contribution in [2.24, 2.45) is 17.8 Å². The van der Waals surface area contributed by atoms with Gasteiger partial charge in [0.15, 0.2) is 17.3 Å². The van der Waals surface area contributed by atoms with Crippen molar-refractivity contribution < 1.29 is 33.4 Å². The molecule has 10 nitrogen and oxygen atoms in total. The van der Waals surface area contributed by atoms with Crippen molar-refractivity contribution in [1.82, 2.24) is 16.0 Å². The lowest BCUT2D eigenvalue weighted by atomic mass is 9.85. The molecular formula is C30H35N3O7. The van der Waals surface area contributed by atoms with Gasteiger partial charge in [0.25, 0.3) is 0 Å². The van der Waals surface area contributed by atoms with E-state index >= 15 is 0 Å². The molecule has 1 heterocycles. The molecule has 4 amide bonds. The van der Waals surface area contributed by atoms with Crippen molar-refractivity contribution in [3.63, 3.8) is 0 Å². The predicted molar refractivity (Wildman–Crippen MR) is 148 cm³/mol. The van der Waals surface area contributed by atoms with Crippen molar-refractivity contribution in [2.75, 3.05) is 14.2 Å². The number of methoxy groups -OCH3 is 2. The van der Waals surface area contributed by atoms with Crippen LogP contribution in [0.1, 0.15) is 44.4 Å². The molecule has 2 aromatic carbocycles. The number of nitrogens with one attached hydrogen (secondary N) is 3. The van der Waals surface area contributed by atoms with Crippen LogP contribution in [0.2, 0.25) is 0 Å². The lowest BCUT2D eigenvalue weighted by Crippen LogP contribution is -2.49. The maximum Gasteiger partial charge on any atom is 0.244 e. The maximum absolute atomic E-state index is 13.2. The second-order valence-corrected chi connectivity index (χ2v) is 9.94. The highest BCUT2D eigenvalue weighted by Gasteiger charge is 2.46. The van der Waals surface area contributed by atoms with Gasteiger partial charge in [0.2, 0.25) is 23.6 Å². The molecule has 0 spiro atoms. The lowest BCUT2D eigenvalue weighted by Gasteiger charge is -2.25. The SMILES string of the molecule is COc1ccc(/C=C/C(=O)N[C@@H](CC(=O)N[C@H](C(=O)[C@@H]2C(=O)NC(=O)[C@H]2C)C(C)C)c2ccccc2)cc1OC. The minimum absolute atomic E-state index is 0.151. The van der Waals surface area contributed by atoms with E-state index in [4.69, 9.17) is 9.47 Å². The molecule has 1 fully saturated rings. The third kappa shape index (κ3) is 7.34. The molecule has 3 N–H and O–H groups in total. The highest BCUT2D eigenvalue weighted by Crippen LogP contribution is 2.28. The average molecular weight is 550 g/mol. The zero-order chi connectivity index (χ0) is 29.4. The highest BCUT2D eigenvalue weighted by molar-refractivity contribution is 6.16. The zero-order valence-corrected chi connectivity index (χ0v) is 23.2. The molecule has 4 atom stereocenters. The van der Waals surface area contributed by atoms with Gasteiger partial charge in [-0.15, -0.1) is 0 Å². The fourth-order valence-corrected chi connectivity index (χ4v) is 4.53. The second kappa shape index (κ2) is 13.5. The fraction of sp³-hybridized carbons (Fsp3) is 0.367. The Labute approximate surface area is 233 Å². The Morgan fingerprint density at radius 3 is 2.20 bits per heavy atom. The molecule has 0 bridgehead atoms. The number of hydrogen-bond acceptors (Lipinski definition) is 7. The molecule has 3 rings (SSSR count). The van der Waals surface area contributed by atoms with Crippen molar-refractivity contribution in [1.29, 1.82) is 0 Å². The zero-order valence-electron chi connectivity index (χ0n) is 23.2. The van der Waals surface area contributed by atoms with Crippen molar-refractivity contribution >= 4 is 35.5 Å². The fourth-order valence-electron chi connectivity index (χ4n) is 4.53. The Balaban J connectivity index is 1.73. The minimum atomic E-state index is -1.16. The Bertz CT molecular complexity index is 1290. The van der Waals surface area contributed by atoms with Crippen LogP contribution in [0.4, 0.5) is 0 Å². The number of ketones is 1. The first kappa shape index (κ1) is 30.1. The van der Waals surface area contributed by atoms with Gasteiger partial charge in [0.1, 0.15) is 5.92 Å². The Morgan fingerprint density at radius 1 is 0.950 bits per heavy atom. The minimum Gasteiger partial charge on any atom is -0.493 e. The summed E-state index contributed by atoms with van der Waals surface area (Å²) in [6, 6.07) is 12.5. The van der Waals surface area contributed by atoms with Gasteiger partial charge < -0.3 is 20.1 Å². The van der Waals surface area contributed by atoms with Crippen LogP contribution in [0.15, 0.2) is 54.6 Å². The summed E-state index contributed by atoms with van der Waals surface area (Å²) in [6.07, 6.45) is 2.82. The number of amides is 4. The number of carbonyl (C=O) groups is 5. The quantitative estimate of drug-likeness (QED) is 0.210. The summed E-state index contributed by atoms with van der Waals surface area (Å²) in [4.78, 5) is 63.3. The number of carbonyl (C=O) groups excluding carboxylic acids is 5. The molecular weight excluding hydrogens is 514 g/mol. The van der Waals surface area contributed by atoms with E-state index in [0.717, 1.165) is 0 Å². The van der Waals surface area contributed by atoms with E-state index in [1.165, 1.54) is 27.2 Å². The number of imide groups is 1. The average Bonchev–Trinajstić information content (AvgIpc) is 3.20. The number of Topliss-reactive ketones (excluding diaryl/α,β-unsaturated/α-hetero) is 1. The van der Waals surface area contributed by atoms with E-state index in [2.05, 4.69) is 16.0 Å². The normalized spacial score (nSPS) is 18.2. The monoisotopic (exact) mass is 549 g/mol. The van der Waals surface area contributed by atoms with E-state index in [9.17, 15) is 24.0 Å². The van der Waals surface area contributed by atoms with Gasteiger partial charge in [-0.1, -0.05) is 57.2 Å². The smallest absolute Gasteiger partial charge is 0.244 e. The molecule has 1 saturated heterocycles. The van der Waals surface area contributed by atoms with Crippen LogP contribution < -0.4 is 25.4 Å².